The Morgan fingerprint density at radius 2 is 2.06 bits per heavy atom. The van der Waals surface area contributed by atoms with Crippen LogP contribution in [0.25, 0.3) is 0 Å². The van der Waals surface area contributed by atoms with Gasteiger partial charge in [0.2, 0.25) is 0 Å². The van der Waals surface area contributed by atoms with E-state index in [1.165, 1.54) is 16.0 Å². The molecule has 0 aliphatic heterocycles. The summed E-state index contributed by atoms with van der Waals surface area (Å²) in [7, 11) is 0. The van der Waals surface area contributed by atoms with Gasteiger partial charge in [-0.3, -0.25) is 4.79 Å². The number of amides is 1. The first kappa shape index (κ1) is 23.6. The molecule has 0 spiro atoms. The van der Waals surface area contributed by atoms with Gasteiger partial charge in [0.05, 0.1) is 29.9 Å². The lowest BCUT2D eigenvalue weighted by Gasteiger charge is -2.20. The van der Waals surface area contributed by atoms with Crippen LogP contribution in [0.3, 0.4) is 0 Å². The van der Waals surface area contributed by atoms with Crippen molar-refractivity contribution in [2.24, 2.45) is 5.92 Å². The molecule has 0 fully saturated rings. The average molecular weight is 483 g/mol. The highest BCUT2D eigenvalue weighted by molar-refractivity contribution is 7.17. The molecule has 0 bridgehead atoms. The second kappa shape index (κ2) is 10.2. The lowest BCUT2D eigenvalue weighted by Crippen LogP contribution is -2.20. The van der Waals surface area contributed by atoms with Gasteiger partial charge >= 0.3 is 11.8 Å². The standard InChI is InChI=1S/C24H26N4O5S/c1-3-15-10-11-17-19(12-15)34-23(21(17)24(30)33-4-2)25-22(29)18-13-20(28(31)32)26-27(18)14-16-8-6-5-7-9-16/h5-9,13,15H,3-4,10-12,14H2,1-2H3,(H,25,29). The largest absolute Gasteiger partial charge is 0.462 e. The lowest BCUT2D eigenvalue weighted by molar-refractivity contribution is -0.389. The van der Waals surface area contributed by atoms with E-state index in [2.05, 4.69) is 17.3 Å². The van der Waals surface area contributed by atoms with Crippen LogP contribution in [0.15, 0.2) is 36.4 Å². The van der Waals surface area contributed by atoms with Crippen LogP contribution >= 0.6 is 11.3 Å². The molecule has 4 rings (SSSR count). The van der Waals surface area contributed by atoms with E-state index in [0.717, 1.165) is 47.8 Å². The molecule has 1 aromatic carbocycles. The molecule has 1 amide bonds. The van der Waals surface area contributed by atoms with Crippen LogP contribution in [-0.4, -0.2) is 33.2 Å². The van der Waals surface area contributed by atoms with Crippen LogP contribution in [0.2, 0.25) is 0 Å². The summed E-state index contributed by atoms with van der Waals surface area (Å²) in [6.07, 6.45) is 3.65. The summed E-state index contributed by atoms with van der Waals surface area (Å²) >= 11 is 1.38. The predicted molar refractivity (Wildman–Crippen MR) is 128 cm³/mol. The van der Waals surface area contributed by atoms with Crippen molar-refractivity contribution in [3.63, 3.8) is 0 Å². The van der Waals surface area contributed by atoms with E-state index in [-0.39, 0.29) is 18.8 Å². The van der Waals surface area contributed by atoms with Crippen molar-refractivity contribution >= 4 is 34.0 Å². The van der Waals surface area contributed by atoms with Gasteiger partial charge in [-0.1, -0.05) is 43.7 Å². The first-order chi connectivity index (χ1) is 16.4. The van der Waals surface area contributed by atoms with Gasteiger partial charge in [0, 0.05) is 4.88 Å². The van der Waals surface area contributed by atoms with E-state index in [1.807, 2.05) is 30.3 Å². The van der Waals surface area contributed by atoms with E-state index in [4.69, 9.17) is 4.74 Å². The number of hydrogen-bond acceptors (Lipinski definition) is 7. The Bertz CT molecular complexity index is 1220. The highest BCUT2D eigenvalue weighted by Gasteiger charge is 2.31. The quantitative estimate of drug-likeness (QED) is 0.279. The Kier molecular flexibility index (Phi) is 7.06. The fourth-order valence-electron chi connectivity index (χ4n) is 4.23. The number of aromatic nitrogens is 2. The van der Waals surface area contributed by atoms with Gasteiger partial charge in [-0.05, 0) is 48.2 Å². The maximum Gasteiger partial charge on any atom is 0.390 e. The number of nitrogens with zero attached hydrogens (tertiary/aromatic N) is 3. The predicted octanol–water partition coefficient (Wildman–Crippen LogP) is 4.85. The summed E-state index contributed by atoms with van der Waals surface area (Å²) in [6.45, 7) is 4.31. The van der Waals surface area contributed by atoms with Gasteiger partial charge in [0.1, 0.15) is 5.00 Å². The third-order valence-electron chi connectivity index (χ3n) is 6.01. The third-order valence-corrected chi connectivity index (χ3v) is 7.18. The smallest absolute Gasteiger partial charge is 0.390 e. The number of rotatable bonds is 8. The molecule has 2 heterocycles. The van der Waals surface area contributed by atoms with Crippen LogP contribution in [0.1, 0.15) is 63.5 Å². The monoisotopic (exact) mass is 482 g/mol. The maximum absolute atomic E-state index is 13.3. The molecule has 2 aromatic heterocycles. The van der Waals surface area contributed by atoms with Crippen molar-refractivity contribution in [2.45, 2.75) is 46.1 Å². The Morgan fingerprint density at radius 1 is 1.29 bits per heavy atom. The average Bonchev–Trinajstić information content (AvgIpc) is 3.40. The number of carbonyl (C=O) groups excluding carboxylic acids is 2. The first-order valence-electron chi connectivity index (χ1n) is 11.3. The number of thiophene rings is 1. The fraction of sp³-hybridized carbons (Fsp3) is 0.375. The minimum absolute atomic E-state index is 0.0446. The van der Waals surface area contributed by atoms with E-state index in [1.54, 1.807) is 6.92 Å². The summed E-state index contributed by atoms with van der Waals surface area (Å²) in [5.74, 6) is -0.899. The number of benzene rings is 1. The number of anilines is 1. The molecule has 0 radical (unpaired) electrons. The molecular formula is C24H26N4O5S. The number of nitro groups is 1. The first-order valence-corrected chi connectivity index (χ1v) is 12.1. The molecule has 3 aromatic rings. The van der Waals surface area contributed by atoms with Gasteiger partial charge in [-0.2, -0.15) is 4.68 Å². The minimum atomic E-state index is -0.628. The van der Waals surface area contributed by atoms with E-state index >= 15 is 0 Å². The van der Waals surface area contributed by atoms with Crippen molar-refractivity contribution in [3.05, 3.63) is 73.8 Å². The van der Waals surface area contributed by atoms with Crippen molar-refractivity contribution in [2.75, 3.05) is 11.9 Å². The molecule has 1 aliphatic rings. The number of esters is 1. The zero-order valence-electron chi connectivity index (χ0n) is 19.1. The van der Waals surface area contributed by atoms with Crippen molar-refractivity contribution in [1.29, 1.82) is 0 Å². The van der Waals surface area contributed by atoms with Gasteiger partial charge in [-0.15, -0.1) is 11.3 Å². The van der Waals surface area contributed by atoms with Crippen molar-refractivity contribution in [3.8, 4) is 0 Å². The van der Waals surface area contributed by atoms with Gasteiger partial charge in [0.15, 0.2) is 5.69 Å². The molecule has 0 saturated heterocycles. The van der Waals surface area contributed by atoms with E-state index < -0.39 is 22.6 Å². The van der Waals surface area contributed by atoms with Crippen LogP contribution in [0.4, 0.5) is 10.8 Å². The highest BCUT2D eigenvalue weighted by atomic mass is 32.1. The van der Waals surface area contributed by atoms with E-state index in [0.29, 0.717) is 16.5 Å². The molecule has 34 heavy (non-hydrogen) atoms. The molecule has 10 heteroatoms. The fourth-order valence-corrected chi connectivity index (χ4v) is 5.57. The normalized spacial score (nSPS) is 14.9. The Hall–Kier alpha value is -3.53. The summed E-state index contributed by atoms with van der Waals surface area (Å²) in [5.41, 5.74) is 2.22. The lowest BCUT2D eigenvalue weighted by atomic mass is 9.85. The molecule has 1 atom stereocenters. The van der Waals surface area contributed by atoms with Crippen LogP contribution in [0, 0.1) is 16.0 Å². The Labute approximate surface area is 200 Å². The summed E-state index contributed by atoms with van der Waals surface area (Å²) in [4.78, 5) is 37.9. The maximum atomic E-state index is 13.3. The number of hydrogen-bond donors (Lipinski definition) is 1. The topological polar surface area (TPSA) is 116 Å². The summed E-state index contributed by atoms with van der Waals surface area (Å²) < 4.78 is 6.59. The van der Waals surface area contributed by atoms with Gasteiger partial charge < -0.3 is 20.2 Å². The SMILES string of the molecule is CCOC(=O)c1c(NC(=O)c2cc([N+](=O)[O-])nn2Cc2ccccc2)sc2c1CCC(CC)C2. The zero-order chi connectivity index (χ0) is 24.2. The Balaban J connectivity index is 1.68. The number of carbonyl (C=O) groups is 2. The molecule has 1 unspecified atom stereocenters. The van der Waals surface area contributed by atoms with Gasteiger partial charge in [-0.25, -0.2) is 4.79 Å². The Morgan fingerprint density at radius 3 is 2.74 bits per heavy atom. The number of fused-ring (bicyclic) bond motifs is 1. The molecule has 9 nitrogen and oxygen atoms in total. The van der Waals surface area contributed by atoms with Crippen LogP contribution in [0.5, 0.6) is 0 Å². The summed E-state index contributed by atoms with van der Waals surface area (Å²) in [6, 6.07) is 10.4. The van der Waals surface area contributed by atoms with Crippen molar-refractivity contribution < 1.29 is 19.2 Å². The summed E-state index contributed by atoms with van der Waals surface area (Å²) in [5, 5.41) is 18.6. The minimum Gasteiger partial charge on any atom is -0.462 e. The van der Waals surface area contributed by atoms with Crippen LogP contribution < -0.4 is 5.32 Å². The number of nitrogens with one attached hydrogen (secondary N) is 1. The molecule has 0 saturated carbocycles. The molecular weight excluding hydrogens is 456 g/mol. The number of ether oxygens (including phenoxy) is 1. The highest BCUT2D eigenvalue weighted by Crippen LogP contribution is 2.41. The zero-order valence-corrected chi connectivity index (χ0v) is 19.9. The molecule has 178 valence electrons. The second-order valence-corrected chi connectivity index (χ2v) is 9.29. The van der Waals surface area contributed by atoms with Crippen LogP contribution in [-0.2, 0) is 24.1 Å². The molecule has 1 aliphatic carbocycles. The van der Waals surface area contributed by atoms with Crippen molar-refractivity contribution in [1.82, 2.24) is 9.78 Å². The third kappa shape index (κ3) is 4.86. The molecule has 1 N–H and O–H groups in total. The second-order valence-electron chi connectivity index (χ2n) is 8.19. The van der Waals surface area contributed by atoms with Gasteiger partial charge in [0.25, 0.3) is 5.91 Å². The van der Waals surface area contributed by atoms with E-state index in [9.17, 15) is 19.7 Å².